The lowest BCUT2D eigenvalue weighted by Gasteiger charge is -2.16. The maximum atomic E-state index is 6.84. The Morgan fingerprint density at radius 1 is 0.204 bits per heavy atom. The molecule has 0 spiro atoms. The molecule has 0 amide bonds. The van der Waals surface area contributed by atoms with Gasteiger partial charge >= 0.3 is 0 Å². The minimum Gasteiger partial charge on any atom is -0.493 e. The van der Waals surface area contributed by atoms with Crippen LogP contribution in [0.25, 0.3) is 113 Å². The van der Waals surface area contributed by atoms with E-state index in [1.165, 1.54) is 86.9 Å². The molecule has 15 aromatic carbocycles. The smallest absolute Gasteiger partial charge is 0.127 e. The first-order valence-electron chi connectivity index (χ1n) is 34.8. The summed E-state index contributed by atoms with van der Waals surface area (Å²) in [6.45, 7) is 2.27. The molecule has 0 bridgehead atoms. The van der Waals surface area contributed by atoms with E-state index in [0.717, 1.165) is 119 Å². The molecule has 0 aliphatic carbocycles. The largest absolute Gasteiger partial charge is 0.493 e. The molecular weight excluding hydrogens is 1190 g/mol. The molecule has 0 N–H and O–H groups in total. The highest BCUT2D eigenvalue weighted by Crippen LogP contribution is 2.41. The molecule has 478 valence electrons. The highest BCUT2D eigenvalue weighted by Gasteiger charge is 2.16. The van der Waals surface area contributed by atoms with Crippen LogP contribution in [0.5, 0.6) is 23.0 Å². The van der Waals surface area contributed by atoms with E-state index in [2.05, 4.69) is 328 Å². The average Bonchev–Trinajstić information content (AvgIpc) is 0.749. The molecule has 0 heterocycles. The van der Waals surface area contributed by atoms with E-state index in [-0.39, 0.29) is 0 Å². The number of aryl methyl sites for hydroxylation is 4. The van der Waals surface area contributed by atoms with Crippen LogP contribution in [0.4, 0.5) is 0 Å². The SMILES string of the molecule is C(=Cc1cc(OCCCc2ccccc2)c(C=Cc2ccc3ccc4cccc5ccc2c3c45)cc1OCCCc1ccccc1)c1ccc(C=Cc2cc(OCCCc3ccccc3)c(C=Cc3ccc4ccc5cccc6ccc3c4c56)cc2OCCCc2ccccc2)cc1. The average molecular weight is 1270 g/mol. The summed E-state index contributed by atoms with van der Waals surface area (Å²) in [5.41, 5.74) is 13.5. The summed E-state index contributed by atoms with van der Waals surface area (Å²) in [4.78, 5) is 0. The first kappa shape index (κ1) is 62.6. The van der Waals surface area contributed by atoms with Crippen molar-refractivity contribution in [3.05, 3.63) is 346 Å². The van der Waals surface area contributed by atoms with Crippen LogP contribution < -0.4 is 18.9 Å². The van der Waals surface area contributed by atoms with Gasteiger partial charge in [-0.2, -0.15) is 0 Å². The molecule has 0 aromatic heterocycles. The Morgan fingerprint density at radius 3 is 0.765 bits per heavy atom. The third-order valence-electron chi connectivity index (χ3n) is 19.0. The first-order chi connectivity index (χ1) is 48.6. The van der Waals surface area contributed by atoms with Crippen LogP contribution in [0.1, 0.15) is 92.4 Å². The van der Waals surface area contributed by atoms with Crippen molar-refractivity contribution < 1.29 is 18.9 Å². The maximum Gasteiger partial charge on any atom is 0.127 e. The van der Waals surface area contributed by atoms with Crippen LogP contribution in [-0.4, -0.2) is 26.4 Å². The zero-order valence-corrected chi connectivity index (χ0v) is 55.3. The van der Waals surface area contributed by atoms with Gasteiger partial charge in [0, 0.05) is 22.3 Å². The fourth-order valence-electron chi connectivity index (χ4n) is 13.9. The van der Waals surface area contributed by atoms with E-state index < -0.39 is 0 Å². The van der Waals surface area contributed by atoms with E-state index in [4.69, 9.17) is 18.9 Å². The lowest BCUT2D eigenvalue weighted by atomic mass is 9.92. The second-order valence-electron chi connectivity index (χ2n) is 25.6. The summed E-state index contributed by atoms with van der Waals surface area (Å²) in [7, 11) is 0. The Labute approximate surface area is 575 Å². The standard InChI is InChI=1S/C94H78O4/c1-5-19-67(20-6-1)27-15-59-95-87-65-83(53-45-73-43-47-79-51-49-75-31-13-33-77-55-57-85(73)93(79)91(75)77)89(97-61-17-29-69-23-9-3-10-24-69)63-81(87)41-39-71-35-37-72(38-36-71)40-42-82-64-90(98-62-18-30-70-25-11-4-12-26-70)84(66-88(82)96-60-16-28-68-21-7-2-8-22-68)54-46-74-44-48-80-52-50-76-32-14-34-78-56-58-86(74)94(80)92(76)78/h1-14,19-26,31-58,63-66H,15-18,27-30,59-62H2. The number of benzene rings is 15. The van der Waals surface area contributed by atoms with Crippen LogP contribution in [0.3, 0.4) is 0 Å². The Balaban J connectivity index is 0.736. The molecule has 4 nitrogen and oxygen atoms in total. The fourth-order valence-corrected chi connectivity index (χ4v) is 13.9. The van der Waals surface area contributed by atoms with Gasteiger partial charge in [-0.1, -0.05) is 303 Å². The van der Waals surface area contributed by atoms with Crippen molar-refractivity contribution in [3.8, 4) is 23.0 Å². The van der Waals surface area contributed by atoms with E-state index in [1.807, 2.05) is 0 Å². The van der Waals surface area contributed by atoms with Crippen molar-refractivity contribution in [3.63, 3.8) is 0 Å². The van der Waals surface area contributed by atoms with Crippen molar-refractivity contribution in [2.75, 3.05) is 26.4 Å². The van der Waals surface area contributed by atoms with Crippen LogP contribution in [-0.2, 0) is 25.7 Å². The van der Waals surface area contributed by atoms with Gasteiger partial charge in [0.05, 0.1) is 26.4 Å². The molecule has 0 radical (unpaired) electrons. The zero-order chi connectivity index (χ0) is 65.7. The van der Waals surface area contributed by atoms with Crippen molar-refractivity contribution in [2.24, 2.45) is 0 Å². The molecule has 15 rings (SSSR count). The number of rotatable bonds is 28. The third-order valence-corrected chi connectivity index (χ3v) is 19.0. The van der Waals surface area contributed by atoms with Crippen molar-refractivity contribution in [1.29, 1.82) is 0 Å². The number of hydrogen-bond acceptors (Lipinski definition) is 4. The molecule has 4 heteroatoms. The zero-order valence-electron chi connectivity index (χ0n) is 55.3. The monoisotopic (exact) mass is 1270 g/mol. The van der Waals surface area contributed by atoms with Gasteiger partial charge in [-0.05, 0) is 185 Å². The Hall–Kier alpha value is -11.5. The quantitative estimate of drug-likeness (QED) is 0.0278. The molecule has 98 heavy (non-hydrogen) atoms. The van der Waals surface area contributed by atoms with Crippen molar-refractivity contribution in [2.45, 2.75) is 51.4 Å². The van der Waals surface area contributed by atoms with E-state index in [0.29, 0.717) is 26.4 Å². The van der Waals surface area contributed by atoms with Crippen LogP contribution in [0.15, 0.2) is 279 Å². The van der Waals surface area contributed by atoms with Crippen molar-refractivity contribution in [1.82, 2.24) is 0 Å². The van der Waals surface area contributed by atoms with Gasteiger partial charge in [0.15, 0.2) is 0 Å². The Morgan fingerprint density at radius 2 is 0.459 bits per heavy atom. The first-order valence-corrected chi connectivity index (χ1v) is 34.8. The number of hydrogen-bond donors (Lipinski definition) is 0. The maximum absolute atomic E-state index is 6.84. The Bertz CT molecular complexity index is 4940. The molecular formula is C94H78O4. The summed E-state index contributed by atoms with van der Waals surface area (Å²) in [6.07, 6.45) is 24.8. The predicted octanol–water partition coefficient (Wildman–Crippen LogP) is 24.2. The Kier molecular flexibility index (Phi) is 19.2. The molecule has 0 aliphatic rings. The second-order valence-corrected chi connectivity index (χ2v) is 25.6. The molecule has 0 aliphatic heterocycles. The van der Waals surface area contributed by atoms with E-state index >= 15 is 0 Å². The van der Waals surface area contributed by atoms with Gasteiger partial charge in [-0.15, -0.1) is 0 Å². The second kappa shape index (κ2) is 30.1. The third kappa shape index (κ3) is 14.7. The molecule has 0 atom stereocenters. The fraction of sp³-hybridized carbons (Fsp3) is 0.128. The normalized spacial score (nSPS) is 12.0. The van der Waals surface area contributed by atoms with Gasteiger partial charge in [-0.3, -0.25) is 0 Å². The lowest BCUT2D eigenvalue weighted by molar-refractivity contribution is 0.301. The minimum absolute atomic E-state index is 0.566. The topological polar surface area (TPSA) is 36.9 Å². The highest BCUT2D eigenvalue weighted by atomic mass is 16.5. The van der Waals surface area contributed by atoms with E-state index in [1.54, 1.807) is 0 Å². The summed E-state index contributed by atoms with van der Waals surface area (Å²) >= 11 is 0. The van der Waals surface area contributed by atoms with Crippen molar-refractivity contribution >= 4 is 113 Å². The molecule has 15 aromatic rings. The molecule has 0 saturated carbocycles. The van der Waals surface area contributed by atoms with Gasteiger partial charge in [0.25, 0.3) is 0 Å². The summed E-state index contributed by atoms with van der Waals surface area (Å²) in [5, 5.41) is 15.2. The lowest BCUT2D eigenvalue weighted by Crippen LogP contribution is -2.04. The number of ether oxygens (including phenoxy) is 4. The van der Waals surface area contributed by atoms with Gasteiger partial charge in [0.1, 0.15) is 23.0 Å². The van der Waals surface area contributed by atoms with Gasteiger partial charge < -0.3 is 18.9 Å². The summed E-state index contributed by atoms with van der Waals surface area (Å²) in [5.74, 6) is 3.26. The predicted molar refractivity (Wildman–Crippen MR) is 416 cm³/mol. The molecule has 0 unspecified atom stereocenters. The van der Waals surface area contributed by atoms with Crippen LogP contribution >= 0.6 is 0 Å². The molecule has 0 saturated heterocycles. The van der Waals surface area contributed by atoms with Crippen LogP contribution in [0.2, 0.25) is 0 Å². The molecule has 0 fully saturated rings. The highest BCUT2D eigenvalue weighted by molar-refractivity contribution is 6.25. The van der Waals surface area contributed by atoms with Crippen LogP contribution in [0, 0.1) is 0 Å². The van der Waals surface area contributed by atoms with Gasteiger partial charge in [0.2, 0.25) is 0 Å². The van der Waals surface area contributed by atoms with E-state index in [9.17, 15) is 0 Å². The summed E-state index contributed by atoms with van der Waals surface area (Å²) in [6, 6.07) is 100. The van der Waals surface area contributed by atoms with Gasteiger partial charge in [-0.25, -0.2) is 0 Å². The summed E-state index contributed by atoms with van der Waals surface area (Å²) < 4.78 is 27.4. The minimum atomic E-state index is 0.566.